The van der Waals surface area contributed by atoms with Crippen LogP contribution in [-0.2, 0) is 17.6 Å². The fourth-order valence-electron chi connectivity index (χ4n) is 3.54. The summed E-state index contributed by atoms with van der Waals surface area (Å²) in [5.41, 5.74) is 1.05. The van der Waals surface area contributed by atoms with E-state index in [1.165, 1.54) is 11.0 Å². The quantitative estimate of drug-likeness (QED) is 0.476. The van der Waals surface area contributed by atoms with Crippen LogP contribution in [0.1, 0.15) is 33.0 Å². The number of alkyl halides is 2. The van der Waals surface area contributed by atoms with Gasteiger partial charge in [0.15, 0.2) is 0 Å². The number of halogens is 2. The topological polar surface area (TPSA) is 57.6 Å². The van der Waals surface area contributed by atoms with Gasteiger partial charge in [0.1, 0.15) is 4.88 Å². The molecule has 1 aliphatic heterocycles. The Kier molecular flexibility index (Phi) is 7.08. The van der Waals surface area contributed by atoms with Crippen LogP contribution >= 0.6 is 11.3 Å². The minimum Gasteiger partial charge on any atom is -0.477 e. The molecule has 8 heteroatoms. The summed E-state index contributed by atoms with van der Waals surface area (Å²) < 4.78 is 28.1. The summed E-state index contributed by atoms with van der Waals surface area (Å²) in [6, 6.07) is 12.2. The number of carboxylic acids is 1. The smallest absolute Gasteiger partial charge is 0.345 e. The van der Waals surface area contributed by atoms with Crippen molar-refractivity contribution >= 4 is 31.1 Å². The molecule has 1 amide bonds. The Labute approximate surface area is 179 Å². The number of allylic oxidation sites excluding steroid dienone is 1. The summed E-state index contributed by atoms with van der Waals surface area (Å²) in [5.74, 6) is -5.86. The lowest BCUT2D eigenvalue weighted by molar-refractivity contribution is -0.148. The number of likely N-dealkylation sites (tertiary alicyclic amines) is 1. The van der Waals surface area contributed by atoms with Gasteiger partial charge in [0.05, 0.1) is 13.9 Å². The number of hydrogen-bond donors (Lipinski definition) is 1. The number of thiophene rings is 1. The van der Waals surface area contributed by atoms with Gasteiger partial charge in [-0.1, -0.05) is 48.3 Å². The monoisotopic (exact) mass is 429 g/mol. The number of benzene rings is 1. The molecule has 1 aromatic heterocycles. The van der Waals surface area contributed by atoms with Crippen LogP contribution in [0.15, 0.2) is 54.6 Å². The second-order valence-electron chi connectivity index (χ2n) is 7.39. The van der Waals surface area contributed by atoms with Crippen molar-refractivity contribution in [3.63, 3.8) is 0 Å². The van der Waals surface area contributed by atoms with E-state index in [-0.39, 0.29) is 17.2 Å². The van der Waals surface area contributed by atoms with Gasteiger partial charge in [0.2, 0.25) is 0 Å². The van der Waals surface area contributed by atoms with E-state index in [1.54, 1.807) is 18.2 Å². The van der Waals surface area contributed by atoms with Crippen molar-refractivity contribution in [2.45, 2.75) is 43.5 Å². The second kappa shape index (κ2) is 9.56. The van der Waals surface area contributed by atoms with Crippen molar-refractivity contribution in [2.24, 2.45) is 0 Å². The first-order valence-corrected chi connectivity index (χ1v) is 10.6. The molecule has 1 fully saturated rings. The number of carbonyl (C=O) groups excluding carboxylic acids is 1. The normalized spacial score (nSPS) is 19.5. The number of carboxylic acid groups (broad SMARTS) is 1. The summed E-state index contributed by atoms with van der Waals surface area (Å²) in [5, 5.41) is 8.98. The standard InChI is InChI=1S/C22H22BF2NO3S/c23-16(13-15-5-2-1-3-6-15)8-9-17-14-22(24,25)21(29)26(17)12-4-7-18-10-11-19(30-18)20(27)28/h1-3,5-6,8-11,16-17H,4,7,12-14H2,(H,27,28)/b9-8+/t16-,17?/m1/s1. The van der Waals surface area contributed by atoms with Gasteiger partial charge in [-0.05, 0) is 37.0 Å². The second-order valence-corrected chi connectivity index (χ2v) is 8.56. The van der Waals surface area contributed by atoms with Crippen molar-refractivity contribution in [1.82, 2.24) is 4.90 Å². The molecule has 0 bridgehead atoms. The Morgan fingerprint density at radius 1 is 1.30 bits per heavy atom. The zero-order valence-corrected chi connectivity index (χ0v) is 17.2. The third kappa shape index (κ3) is 5.56. The fraction of sp³-hybridized carbons (Fsp3) is 0.364. The largest absolute Gasteiger partial charge is 0.477 e. The molecule has 2 atom stereocenters. The van der Waals surface area contributed by atoms with Gasteiger partial charge in [-0.3, -0.25) is 4.79 Å². The van der Waals surface area contributed by atoms with Crippen LogP contribution in [0.5, 0.6) is 0 Å². The molecular formula is C22H22BF2NO3S. The van der Waals surface area contributed by atoms with E-state index < -0.39 is 30.3 Å². The first-order chi connectivity index (χ1) is 14.3. The molecule has 0 spiro atoms. The van der Waals surface area contributed by atoms with Gasteiger partial charge in [-0.15, -0.1) is 11.3 Å². The molecule has 1 aromatic carbocycles. The Bertz CT molecular complexity index is 916. The van der Waals surface area contributed by atoms with Gasteiger partial charge >= 0.3 is 11.9 Å². The lowest BCUT2D eigenvalue weighted by Gasteiger charge is -2.22. The van der Waals surface area contributed by atoms with Crippen molar-refractivity contribution in [1.29, 1.82) is 0 Å². The van der Waals surface area contributed by atoms with Crippen LogP contribution in [0.3, 0.4) is 0 Å². The van der Waals surface area contributed by atoms with Crippen LogP contribution in [0.4, 0.5) is 8.78 Å². The van der Waals surface area contributed by atoms with E-state index >= 15 is 0 Å². The Morgan fingerprint density at radius 2 is 2.03 bits per heavy atom. The van der Waals surface area contributed by atoms with Crippen molar-refractivity contribution in [3.05, 3.63) is 69.9 Å². The number of carbonyl (C=O) groups is 2. The SMILES string of the molecule is [B][C@H](/C=C/C1CC(F)(F)C(=O)N1CCCc1ccc(C(=O)O)s1)Cc1ccccc1. The summed E-state index contributed by atoms with van der Waals surface area (Å²) in [7, 11) is 6.11. The Morgan fingerprint density at radius 3 is 2.70 bits per heavy atom. The highest BCUT2D eigenvalue weighted by atomic mass is 32.1. The van der Waals surface area contributed by atoms with E-state index in [9.17, 15) is 18.4 Å². The number of hydrogen-bond acceptors (Lipinski definition) is 3. The number of amides is 1. The summed E-state index contributed by atoms with van der Waals surface area (Å²) in [6.07, 6.45) is 4.33. The average Bonchev–Trinajstić information content (AvgIpc) is 3.25. The van der Waals surface area contributed by atoms with Crippen molar-refractivity contribution in [3.8, 4) is 0 Å². The van der Waals surface area contributed by atoms with E-state index in [2.05, 4.69) is 0 Å². The van der Waals surface area contributed by atoms with Crippen LogP contribution < -0.4 is 0 Å². The van der Waals surface area contributed by atoms with Crippen LogP contribution in [-0.4, -0.2) is 48.2 Å². The summed E-state index contributed by atoms with van der Waals surface area (Å²) in [4.78, 5) is 25.4. The molecule has 4 nitrogen and oxygen atoms in total. The zero-order valence-electron chi connectivity index (χ0n) is 16.3. The molecule has 0 aliphatic carbocycles. The summed E-state index contributed by atoms with van der Waals surface area (Å²) in [6.45, 7) is 0.178. The van der Waals surface area contributed by atoms with Crippen LogP contribution in [0.2, 0.25) is 5.82 Å². The molecule has 2 heterocycles. The number of nitrogens with zero attached hydrogens (tertiary/aromatic N) is 1. The molecule has 2 aromatic rings. The first kappa shape index (κ1) is 22.2. The number of aryl methyl sites for hydroxylation is 1. The van der Waals surface area contributed by atoms with Crippen LogP contribution in [0.25, 0.3) is 0 Å². The molecular weight excluding hydrogens is 407 g/mol. The van der Waals surface area contributed by atoms with Gasteiger partial charge in [-0.2, -0.15) is 8.78 Å². The number of aromatic carboxylic acids is 1. The maximum atomic E-state index is 14.0. The average molecular weight is 429 g/mol. The highest BCUT2D eigenvalue weighted by molar-refractivity contribution is 7.13. The van der Waals surface area contributed by atoms with Gasteiger partial charge < -0.3 is 10.0 Å². The molecule has 2 radical (unpaired) electrons. The van der Waals surface area contributed by atoms with Crippen molar-refractivity contribution in [2.75, 3.05) is 6.54 Å². The highest BCUT2D eigenvalue weighted by Crippen LogP contribution is 2.34. The number of rotatable bonds is 9. The van der Waals surface area contributed by atoms with E-state index in [0.717, 1.165) is 21.8 Å². The van der Waals surface area contributed by atoms with Gasteiger partial charge in [-0.25, -0.2) is 4.79 Å². The molecule has 1 N–H and O–H groups in total. The third-order valence-corrected chi connectivity index (χ3v) is 6.16. The van der Waals surface area contributed by atoms with Gasteiger partial charge in [0, 0.05) is 17.8 Å². The maximum Gasteiger partial charge on any atom is 0.345 e. The lowest BCUT2D eigenvalue weighted by atomic mass is 9.81. The Balaban J connectivity index is 1.59. The molecule has 156 valence electrons. The molecule has 1 saturated heterocycles. The first-order valence-electron chi connectivity index (χ1n) is 9.75. The minimum atomic E-state index is -3.38. The summed E-state index contributed by atoms with van der Waals surface area (Å²) >= 11 is 1.16. The molecule has 0 saturated carbocycles. The highest BCUT2D eigenvalue weighted by Gasteiger charge is 2.52. The molecule has 30 heavy (non-hydrogen) atoms. The maximum absolute atomic E-state index is 14.0. The van der Waals surface area contributed by atoms with E-state index in [1.807, 2.05) is 30.3 Å². The van der Waals surface area contributed by atoms with Gasteiger partial charge in [0.25, 0.3) is 5.91 Å². The van der Waals surface area contributed by atoms with Crippen molar-refractivity contribution < 1.29 is 23.5 Å². The van der Waals surface area contributed by atoms with E-state index in [4.69, 9.17) is 13.0 Å². The van der Waals surface area contributed by atoms with E-state index in [0.29, 0.717) is 19.3 Å². The zero-order chi connectivity index (χ0) is 21.7. The fourth-order valence-corrected chi connectivity index (χ4v) is 4.42. The predicted octanol–water partition coefficient (Wildman–Crippen LogP) is 4.37. The molecule has 1 unspecified atom stereocenters. The Hall–Kier alpha value is -2.48. The molecule has 1 aliphatic rings. The third-order valence-electron chi connectivity index (χ3n) is 5.03. The minimum absolute atomic E-state index is 0.178. The lowest BCUT2D eigenvalue weighted by Crippen LogP contribution is -2.36. The van der Waals surface area contributed by atoms with Crippen LogP contribution in [0, 0.1) is 0 Å². The predicted molar refractivity (Wildman–Crippen MR) is 113 cm³/mol. The molecule has 3 rings (SSSR count).